The molecule has 0 aromatic heterocycles. The normalized spacial score (nSPS) is 23.8. The second kappa shape index (κ2) is 8.54. The first-order chi connectivity index (χ1) is 14.6. The molecule has 0 spiro atoms. The fourth-order valence-electron chi connectivity index (χ4n) is 4.57. The lowest BCUT2D eigenvalue weighted by molar-refractivity contribution is -0.167. The van der Waals surface area contributed by atoms with E-state index in [2.05, 4.69) is 0 Å². The Labute approximate surface area is 176 Å². The van der Waals surface area contributed by atoms with Gasteiger partial charge >= 0.3 is 11.9 Å². The van der Waals surface area contributed by atoms with Gasteiger partial charge < -0.3 is 9.84 Å². The minimum absolute atomic E-state index is 0.355. The van der Waals surface area contributed by atoms with Gasteiger partial charge in [-0.15, -0.1) is 0 Å². The molecule has 4 heteroatoms. The third-order valence-electron chi connectivity index (χ3n) is 6.04. The SMILES string of the molecule is C[C@H](OC(=O)[C@H]1[C@H](c2ccccc2)[C@@H](C(=O)O)[C@H]1c1ccccc1)c1ccccc1. The summed E-state index contributed by atoms with van der Waals surface area (Å²) in [6, 6.07) is 28.4. The molecule has 30 heavy (non-hydrogen) atoms. The highest BCUT2D eigenvalue weighted by Crippen LogP contribution is 2.58. The largest absolute Gasteiger partial charge is 0.481 e. The molecule has 4 nitrogen and oxygen atoms in total. The monoisotopic (exact) mass is 400 g/mol. The van der Waals surface area contributed by atoms with E-state index in [1.807, 2.05) is 97.9 Å². The van der Waals surface area contributed by atoms with E-state index in [1.165, 1.54) is 0 Å². The first-order valence-electron chi connectivity index (χ1n) is 10.2. The summed E-state index contributed by atoms with van der Waals surface area (Å²) in [6.45, 7) is 1.84. The van der Waals surface area contributed by atoms with Crippen LogP contribution in [-0.2, 0) is 14.3 Å². The zero-order chi connectivity index (χ0) is 21.1. The van der Waals surface area contributed by atoms with Crippen LogP contribution in [0.2, 0.25) is 0 Å². The van der Waals surface area contributed by atoms with E-state index in [0.29, 0.717) is 0 Å². The predicted molar refractivity (Wildman–Crippen MR) is 114 cm³/mol. The van der Waals surface area contributed by atoms with E-state index in [4.69, 9.17) is 4.74 Å². The zero-order valence-electron chi connectivity index (χ0n) is 16.7. The number of aliphatic carboxylic acids is 1. The molecule has 1 aliphatic rings. The number of ether oxygens (including phenoxy) is 1. The number of rotatable bonds is 6. The number of carbonyl (C=O) groups is 2. The molecule has 0 unspecified atom stereocenters. The number of carbonyl (C=O) groups excluding carboxylic acids is 1. The molecule has 3 atom stereocenters. The quantitative estimate of drug-likeness (QED) is 0.579. The summed E-state index contributed by atoms with van der Waals surface area (Å²) in [5.41, 5.74) is 2.62. The molecule has 3 aromatic carbocycles. The molecule has 152 valence electrons. The van der Waals surface area contributed by atoms with Crippen LogP contribution in [0.4, 0.5) is 0 Å². The van der Waals surface area contributed by atoms with Crippen molar-refractivity contribution in [2.24, 2.45) is 11.8 Å². The van der Waals surface area contributed by atoms with Gasteiger partial charge in [0.25, 0.3) is 0 Å². The molecule has 1 fully saturated rings. The van der Waals surface area contributed by atoms with Crippen molar-refractivity contribution >= 4 is 11.9 Å². The second-order valence-electron chi connectivity index (χ2n) is 7.75. The summed E-state index contributed by atoms with van der Waals surface area (Å²) >= 11 is 0. The summed E-state index contributed by atoms with van der Waals surface area (Å²) < 4.78 is 5.84. The molecular weight excluding hydrogens is 376 g/mol. The molecule has 0 amide bonds. The molecule has 0 saturated heterocycles. The van der Waals surface area contributed by atoms with Crippen molar-refractivity contribution in [3.8, 4) is 0 Å². The Bertz CT molecular complexity index is 953. The molecule has 1 aliphatic carbocycles. The fraction of sp³-hybridized carbons (Fsp3) is 0.231. The van der Waals surface area contributed by atoms with Gasteiger partial charge in [0.15, 0.2) is 0 Å². The number of hydrogen-bond acceptors (Lipinski definition) is 3. The van der Waals surface area contributed by atoms with Crippen LogP contribution < -0.4 is 0 Å². The molecule has 0 bridgehead atoms. The maximum absolute atomic E-state index is 13.3. The van der Waals surface area contributed by atoms with Crippen LogP contribution in [0.5, 0.6) is 0 Å². The standard InChI is InChI=1S/C26H24O4/c1-17(18-11-5-2-6-12-18)30-26(29)24-21(19-13-7-3-8-14-19)23(25(27)28)22(24)20-15-9-4-10-16-20/h2-17,21-24H,1H3,(H,27,28)/t17-,21+,22+,23-,24+/m0/s1. The average Bonchev–Trinajstić information content (AvgIpc) is 2.75. The van der Waals surface area contributed by atoms with Gasteiger partial charge in [-0.3, -0.25) is 9.59 Å². The lowest BCUT2D eigenvalue weighted by Gasteiger charge is -2.49. The minimum atomic E-state index is -0.891. The number of benzene rings is 3. The lowest BCUT2D eigenvalue weighted by Crippen LogP contribution is -2.51. The van der Waals surface area contributed by atoms with E-state index in [0.717, 1.165) is 16.7 Å². The zero-order valence-corrected chi connectivity index (χ0v) is 16.7. The van der Waals surface area contributed by atoms with Crippen molar-refractivity contribution in [3.05, 3.63) is 108 Å². The Morgan fingerprint density at radius 1 is 0.733 bits per heavy atom. The summed E-state index contributed by atoms with van der Waals surface area (Å²) in [7, 11) is 0. The van der Waals surface area contributed by atoms with Gasteiger partial charge in [0.1, 0.15) is 6.10 Å². The number of esters is 1. The van der Waals surface area contributed by atoms with Crippen molar-refractivity contribution in [1.29, 1.82) is 0 Å². The van der Waals surface area contributed by atoms with E-state index in [1.54, 1.807) is 0 Å². The van der Waals surface area contributed by atoms with Crippen molar-refractivity contribution in [1.82, 2.24) is 0 Å². The summed E-state index contributed by atoms with van der Waals surface area (Å²) in [6.07, 6.45) is -0.407. The van der Waals surface area contributed by atoms with Crippen LogP contribution in [0, 0.1) is 11.8 Å². The maximum Gasteiger partial charge on any atom is 0.310 e. The Morgan fingerprint density at radius 3 is 1.60 bits per heavy atom. The topological polar surface area (TPSA) is 63.6 Å². The van der Waals surface area contributed by atoms with Crippen LogP contribution in [0.15, 0.2) is 91.0 Å². The van der Waals surface area contributed by atoms with Crippen LogP contribution in [-0.4, -0.2) is 17.0 Å². The van der Waals surface area contributed by atoms with E-state index in [9.17, 15) is 14.7 Å². The highest BCUT2D eigenvalue weighted by atomic mass is 16.5. The third-order valence-corrected chi connectivity index (χ3v) is 6.04. The molecule has 0 heterocycles. The van der Waals surface area contributed by atoms with Crippen LogP contribution >= 0.6 is 0 Å². The van der Waals surface area contributed by atoms with Gasteiger partial charge in [-0.2, -0.15) is 0 Å². The third kappa shape index (κ3) is 3.73. The molecule has 0 radical (unpaired) electrons. The Hall–Kier alpha value is -3.40. The molecular formula is C26H24O4. The second-order valence-corrected chi connectivity index (χ2v) is 7.75. The van der Waals surface area contributed by atoms with Crippen molar-refractivity contribution in [3.63, 3.8) is 0 Å². The van der Waals surface area contributed by atoms with Crippen LogP contribution in [0.1, 0.15) is 41.6 Å². The minimum Gasteiger partial charge on any atom is -0.481 e. The number of hydrogen-bond donors (Lipinski definition) is 1. The van der Waals surface area contributed by atoms with Crippen molar-refractivity contribution in [2.45, 2.75) is 24.9 Å². The summed E-state index contributed by atoms with van der Waals surface area (Å²) in [4.78, 5) is 25.5. The summed E-state index contributed by atoms with van der Waals surface area (Å²) in [5.74, 6) is -3.33. The van der Waals surface area contributed by atoms with Crippen molar-refractivity contribution in [2.75, 3.05) is 0 Å². The highest BCUT2D eigenvalue weighted by molar-refractivity contribution is 5.84. The van der Waals surface area contributed by atoms with Gasteiger partial charge in [-0.1, -0.05) is 91.0 Å². The first kappa shape index (κ1) is 19.9. The van der Waals surface area contributed by atoms with Crippen LogP contribution in [0.3, 0.4) is 0 Å². The molecule has 1 saturated carbocycles. The van der Waals surface area contributed by atoms with Gasteiger partial charge in [0.2, 0.25) is 0 Å². The number of carboxylic acids is 1. The molecule has 0 aliphatic heterocycles. The molecule has 1 N–H and O–H groups in total. The summed E-state index contributed by atoms with van der Waals surface area (Å²) in [5, 5.41) is 10.0. The van der Waals surface area contributed by atoms with Gasteiger partial charge in [-0.25, -0.2) is 0 Å². The van der Waals surface area contributed by atoms with E-state index in [-0.39, 0.29) is 5.97 Å². The van der Waals surface area contributed by atoms with Gasteiger partial charge in [-0.05, 0) is 23.6 Å². The Balaban J connectivity index is 1.68. The average molecular weight is 400 g/mol. The predicted octanol–water partition coefficient (Wildman–Crippen LogP) is 5.19. The Kier molecular flexibility index (Phi) is 5.66. The lowest BCUT2D eigenvalue weighted by atomic mass is 9.52. The molecule has 4 rings (SSSR count). The van der Waals surface area contributed by atoms with E-state index < -0.39 is 35.7 Å². The van der Waals surface area contributed by atoms with Crippen molar-refractivity contribution < 1.29 is 19.4 Å². The maximum atomic E-state index is 13.3. The van der Waals surface area contributed by atoms with E-state index >= 15 is 0 Å². The smallest absolute Gasteiger partial charge is 0.310 e. The highest BCUT2D eigenvalue weighted by Gasteiger charge is 2.59. The van der Waals surface area contributed by atoms with Gasteiger partial charge in [0, 0.05) is 11.8 Å². The van der Waals surface area contributed by atoms with Crippen LogP contribution in [0.25, 0.3) is 0 Å². The number of carboxylic acid groups (broad SMARTS) is 1. The van der Waals surface area contributed by atoms with Gasteiger partial charge in [0.05, 0.1) is 11.8 Å². The first-order valence-corrected chi connectivity index (χ1v) is 10.2. The Morgan fingerprint density at radius 2 is 1.17 bits per heavy atom. The molecule has 3 aromatic rings. The fourth-order valence-corrected chi connectivity index (χ4v) is 4.57.